The molecule has 1 saturated heterocycles. The van der Waals surface area contributed by atoms with Crippen molar-refractivity contribution in [3.05, 3.63) is 35.0 Å². The molecule has 170 valence electrons. The number of aromatic amines is 1. The zero-order valence-electron chi connectivity index (χ0n) is 17.8. The lowest BCUT2D eigenvalue weighted by atomic mass is 9.97. The van der Waals surface area contributed by atoms with E-state index in [1.165, 1.54) is 0 Å². The first-order valence-corrected chi connectivity index (χ1v) is 11.5. The van der Waals surface area contributed by atoms with Gasteiger partial charge in [-0.2, -0.15) is 5.26 Å². The number of H-pyrrole nitrogens is 1. The van der Waals surface area contributed by atoms with E-state index in [9.17, 15) is 14.9 Å². The van der Waals surface area contributed by atoms with E-state index in [0.717, 1.165) is 31.2 Å². The number of carbonyl (C=O) groups excluding carboxylic acids is 2. The van der Waals surface area contributed by atoms with Crippen molar-refractivity contribution in [1.82, 2.24) is 20.9 Å². The minimum atomic E-state index is -0.695. The number of benzene rings is 1. The molecule has 4 rings (SSSR count). The Labute approximate surface area is 192 Å². The summed E-state index contributed by atoms with van der Waals surface area (Å²) >= 11 is 6.20. The lowest BCUT2D eigenvalue weighted by molar-refractivity contribution is -0.123. The monoisotopic (exact) mass is 457 g/mol. The Morgan fingerprint density at radius 1 is 1.22 bits per heavy atom. The molecule has 32 heavy (non-hydrogen) atoms. The highest BCUT2D eigenvalue weighted by Gasteiger charge is 2.32. The van der Waals surface area contributed by atoms with E-state index in [4.69, 9.17) is 16.3 Å². The van der Waals surface area contributed by atoms with Crippen LogP contribution in [0, 0.1) is 23.2 Å². The molecule has 1 aromatic heterocycles. The van der Waals surface area contributed by atoms with Gasteiger partial charge < -0.3 is 20.4 Å². The van der Waals surface area contributed by atoms with Crippen LogP contribution in [0.5, 0.6) is 0 Å². The normalized spacial score (nSPS) is 20.7. The average molecular weight is 458 g/mol. The highest BCUT2D eigenvalue weighted by molar-refractivity contribution is 6.35. The molecular formula is C23H28ClN5O3. The van der Waals surface area contributed by atoms with Crippen LogP contribution in [-0.2, 0) is 9.53 Å². The average Bonchev–Trinajstić information content (AvgIpc) is 3.54. The van der Waals surface area contributed by atoms with Crippen LogP contribution in [-0.4, -0.2) is 48.8 Å². The van der Waals surface area contributed by atoms with Crippen molar-refractivity contribution < 1.29 is 14.3 Å². The minimum Gasteiger partial charge on any atom is -0.366 e. The Kier molecular flexibility index (Phi) is 7.30. The number of hydrogen-bond donors (Lipinski definition) is 4. The van der Waals surface area contributed by atoms with Gasteiger partial charge in [-0.25, -0.2) is 0 Å². The molecule has 2 amide bonds. The summed E-state index contributed by atoms with van der Waals surface area (Å²) in [5, 5.41) is 19.8. The minimum absolute atomic E-state index is 0.197. The Morgan fingerprint density at radius 3 is 2.81 bits per heavy atom. The molecule has 0 bridgehead atoms. The number of fused-ring (bicyclic) bond motifs is 1. The fraction of sp³-hybridized carbons (Fsp3) is 0.522. The predicted molar refractivity (Wildman–Crippen MR) is 121 cm³/mol. The molecule has 1 aliphatic carbocycles. The maximum Gasteiger partial charge on any atom is 0.268 e. The topological polar surface area (TPSA) is 119 Å². The van der Waals surface area contributed by atoms with Crippen LogP contribution in [0.3, 0.4) is 0 Å². The Balaban J connectivity index is 1.41. The lowest BCUT2D eigenvalue weighted by Crippen LogP contribution is -2.50. The van der Waals surface area contributed by atoms with Crippen LogP contribution in [0.1, 0.15) is 42.6 Å². The summed E-state index contributed by atoms with van der Waals surface area (Å²) in [4.78, 5) is 29.0. The van der Waals surface area contributed by atoms with Gasteiger partial charge in [0.05, 0.1) is 29.9 Å². The third-order valence-corrected chi connectivity index (χ3v) is 6.38. The lowest BCUT2D eigenvalue weighted by Gasteiger charge is -2.22. The van der Waals surface area contributed by atoms with Crippen molar-refractivity contribution in [3.63, 3.8) is 0 Å². The Bertz CT molecular complexity index is 1000. The second-order valence-electron chi connectivity index (χ2n) is 8.69. The number of aromatic nitrogens is 1. The van der Waals surface area contributed by atoms with Gasteiger partial charge in [0.2, 0.25) is 5.91 Å². The molecule has 2 aliphatic rings. The van der Waals surface area contributed by atoms with Crippen LogP contribution in [0.2, 0.25) is 5.02 Å². The number of ether oxygens (including phenoxy) is 1. The molecule has 2 heterocycles. The van der Waals surface area contributed by atoms with E-state index >= 15 is 0 Å². The van der Waals surface area contributed by atoms with Gasteiger partial charge in [0.15, 0.2) is 0 Å². The molecule has 2 aromatic rings. The quantitative estimate of drug-likeness (QED) is 0.486. The first-order chi connectivity index (χ1) is 15.5. The number of hydrogen-bond acceptors (Lipinski definition) is 5. The summed E-state index contributed by atoms with van der Waals surface area (Å²) in [5.41, 5.74) is 1.04. The van der Waals surface area contributed by atoms with Crippen LogP contribution in [0.25, 0.3) is 10.9 Å². The zero-order valence-corrected chi connectivity index (χ0v) is 18.6. The molecule has 1 saturated carbocycles. The summed E-state index contributed by atoms with van der Waals surface area (Å²) < 4.78 is 5.50. The molecule has 0 spiro atoms. The second kappa shape index (κ2) is 10.3. The van der Waals surface area contributed by atoms with E-state index < -0.39 is 12.1 Å². The van der Waals surface area contributed by atoms with E-state index in [-0.39, 0.29) is 17.7 Å². The second-order valence-corrected chi connectivity index (χ2v) is 9.10. The number of nitrogens with one attached hydrogen (secondary N) is 4. The number of nitrogens with zero attached hydrogens (tertiary/aromatic N) is 1. The highest BCUT2D eigenvalue weighted by atomic mass is 35.5. The number of nitriles is 1. The summed E-state index contributed by atoms with van der Waals surface area (Å²) in [7, 11) is 0. The van der Waals surface area contributed by atoms with Crippen LogP contribution in [0.4, 0.5) is 0 Å². The molecule has 0 radical (unpaired) electrons. The maximum atomic E-state index is 13.0. The van der Waals surface area contributed by atoms with Gasteiger partial charge >= 0.3 is 0 Å². The number of amides is 2. The molecule has 4 N–H and O–H groups in total. The van der Waals surface area contributed by atoms with Crippen molar-refractivity contribution in [2.24, 2.45) is 11.8 Å². The van der Waals surface area contributed by atoms with Crippen LogP contribution in [0.15, 0.2) is 24.3 Å². The van der Waals surface area contributed by atoms with Gasteiger partial charge in [0.1, 0.15) is 17.8 Å². The fourth-order valence-electron chi connectivity index (χ4n) is 4.09. The van der Waals surface area contributed by atoms with Gasteiger partial charge in [0, 0.05) is 5.39 Å². The number of para-hydroxylation sites is 1. The smallest absolute Gasteiger partial charge is 0.268 e. The number of halogens is 1. The fourth-order valence-corrected chi connectivity index (χ4v) is 4.32. The van der Waals surface area contributed by atoms with Crippen molar-refractivity contribution in [2.75, 3.05) is 19.9 Å². The maximum absolute atomic E-state index is 13.0. The summed E-state index contributed by atoms with van der Waals surface area (Å²) in [6.45, 7) is 1.90. The van der Waals surface area contributed by atoms with E-state index in [1.807, 2.05) is 12.1 Å². The molecular weight excluding hydrogens is 430 g/mol. The summed E-state index contributed by atoms with van der Waals surface area (Å²) in [5.74, 6) is -0.0685. The van der Waals surface area contributed by atoms with Crippen molar-refractivity contribution in [2.45, 2.75) is 44.2 Å². The third kappa shape index (κ3) is 5.80. The summed E-state index contributed by atoms with van der Waals surface area (Å²) in [6.07, 6.45) is 4.08. The Hall–Kier alpha value is -2.60. The van der Waals surface area contributed by atoms with Crippen LogP contribution < -0.4 is 16.0 Å². The van der Waals surface area contributed by atoms with Crippen molar-refractivity contribution in [3.8, 4) is 6.07 Å². The van der Waals surface area contributed by atoms with E-state index in [0.29, 0.717) is 48.3 Å². The predicted octanol–water partition coefficient (Wildman–Crippen LogP) is 2.70. The van der Waals surface area contributed by atoms with Gasteiger partial charge in [-0.1, -0.05) is 36.6 Å². The molecule has 3 atom stereocenters. The molecule has 2 fully saturated rings. The largest absolute Gasteiger partial charge is 0.366 e. The highest BCUT2D eigenvalue weighted by Crippen LogP contribution is 2.33. The number of rotatable bonds is 8. The molecule has 8 nitrogen and oxygen atoms in total. The number of carbonyl (C=O) groups is 2. The van der Waals surface area contributed by atoms with Crippen molar-refractivity contribution >= 4 is 34.3 Å². The van der Waals surface area contributed by atoms with Crippen molar-refractivity contribution in [1.29, 1.82) is 5.26 Å². The Morgan fingerprint density at radius 2 is 2.06 bits per heavy atom. The third-order valence-electron chi connectivity index (χ3n) is 6.07. The van der Waals surface area contributed by atoms with E-state index in [2.05, 4.69) is 27.0 Å². The molecule has 9 heteroatoms. The standard InChI is InChI=1S/C23H28ClN5O3/c24-18-3-1-2-16-10-20(28-21(16)18)23(31)29-19(9-14-4-5-14)22(30)27-17(11-25)8-15-6-7-26-13-32-12-15/h1-3,10,14-15,17,19,26,28H,4-9,12-13H2,(H,27,30)(H,29,31)/t15-,17-,19-/m0/s1. The SMILES string of the molecule is N#C[C@H](C[C@@H]1CCNCOC1)NC(=O)[C@H](CC1CC1)NC(=O)c1cc2cccc(Cl)c2[nH]1. The van der Waals surface area contributed by atoms with Gasteiger partial charge in [0.25, 0.3) is 5.91 Å². The molecule has 0 unspecified atom stereocenters. The zero-order chi connectivity index (χ0) is 22.5. The van der Waals surface area contributed by atoms with Gasteiger partial charge in [-0.15, -0.1) is 0 Å². The van der Waals surface area contributed by atoms with E-state index in [1.54, 1.807) is 12.1 Å². The molecule has 1 aromatic carbocycles. The van der Waals surface area contributed by atoms with Crippen LogP contribution >= 0.6 is 11.6 Å². The summed E-state index contributed by atoms with van der Waals surface area (Å²) in [6, 6.07) is 8.04. The van der Waals surface area contributed by atoms with Gasteiger partial charge in [-0.05, 0) is 49.8 Å². The first-order valence-electron chi connectivity index (χ1n) is 11.1. The molecule has 1 aliphatic heterocycles. The first kappa shape index (κ1) is 22.6. The van der Waals surface area contributed by atoms with Gasteiger partial charge in [-0.3, -0.25) is 14.9 Å².